The van der Waals surface area contributed by atoms with E-state index in [9.17, 15) is 10.2 Å². The minimum atomic E-state index is -0.904. The smallest absolute Gasteiger partial charge is 0.122 e. The zero-order valence-electron chi connectivity index (χ0n) is 9.14. The van der Waals surface area contributed by atoms with E-state index in [-0.39, 0.29) is 0 Å². The number of hydrogen-bond acceptors (Lipinski definition) is 4. The predicted molar refractivity (Wildman–Crippen MR) is 58.5 cm³/mol. The van der Waals surface area contributed by atoms with Crippen LogP contribution in [0.25, 0.3) is 0 Å². The van der Waals surface area contributed by atoms with Gasteiger partial charge in [0.2, 0.25) is 0 Å². The average molecular weight is 210 g/mol. The van der Waals surface area contributed by atoms with Crippen LogP contribution >= 0.6 is 0 Å². The van der Waals surface area contributed by atoms with Gasteiger partial charge in [-0.15, -0.1) is 0 Å². The molecule has 0 saturated carbocycles. The highest BCUT2D eigenvalue weighted by Gasteiger charge is 2.18. The molecule has 1 aromatic heterocycles. The Morgan fingerprint density at radius 3 is 2.73 bits per heavy atom. The summed E-state index contributed by atoms with van der Waals surface area (Å²) in [5, 5.41) is 22.4. The highest BCUT2D eigenvalue weighted by molar-refractivity contribution is 5.12. The van der Waals surface area contributed by atoms with Crippen molar-refractivity contribution in [3.8, 4) is 0 Å². The Morgan fingerprint density at radius 1 is 1.40 bits per heavy atom. The lowest BCUT2D eigenvalue weighted by atomic mass is 10.1. The molecule has 1 aromatic rings. The number of aliphatic hydroxyl groups excluding tert-OH is 2. The fourth-order valence-electron chi connectivity index (χ4n) is 1.38. The first-order valence-corrected chi connectivity index (χ1v) is 5.09. The Bertz CT molecular complexity index is 304. The Labute approximate surface area is 90.0 Å². The van der Waals surface area contributed by atoms with Gasteiger partial charge in [0.15, 0.2) is 0 Å². The molecule has 84 valence electrons. The van der Waals surface area contributed by atoms with Crippen molar-refractivity contribution in [2.24, 2.45) is 0 Å². The van der Waals surface area contributed by atoms with Crippen LogP contribution in [-0.2, 0) is 0 Å². The topological polar surface area (TPSA) is 65.4 Å². The molecule has 1 heterocycles. The minimum Gasteiger partial charge on any atom is -0.390 e. The van der Waals surface area contributed by atoms with Crippen molar-refractivity contribution in [1.82, 2.24) is 10.3 Å². The first kappa shape index (κ1) is 12.1. The number of pyridine rings is 1. The van der Waals surface area contributed by atoms with E-state index < -0.39 is 12.2 Å². The van der Waals surface area contributed by atoms with E-state index in [4.69, 9.17) is 0 Å². The van der Waals surface area contributed by atoms with Crippen molar-refractivity contribution in [2.75, 3.05) is 13.6 Å². The molecule has 2 atom stereocenters. The van der Waals surface area contributed by atoms with Crippen LogP contribution in [0.3, 0.4) is 0 Å². The maximum absolute atomic E-state index is 9.80. The van der Waals surface area contributed by atoms with Crippen molar-refractivity contribution in [3.05, 3.63) is 29.6 Å². The monoisotopic (exact) mass is 210 g/mol. The third kappa shape index (κ3) is 3.58. The Hall–Kier alpha value is -0.970. The number of aryl methyl sites for hydroxylation is 1. The predicted octanol–water partition coefficient (Wildman–Crippen LogP) is 0.394. The molecule has 4 heteroatoms. The number of nitrogens with zero attached hydrogens (tertiary/aromatic N) is 1. The first-order valence-electron chi connectivity index (χ1n) is 5.09. The summed E-state index contributed by atoms with van der Waals surface area (Å²) in [5.74, 6) is 0. The molecule has 0 bridgehead atoms. The van der Waals surface area contributed by atoms with E-state index in [0.29, 0.717) is 18.7 Å². The van der Waals surface area contributed by atoms with Gasteiger partial charge in [0.25, 0.3) is 0 Å². The van der Waals surface area contributed by atoms with E-state index in [1.54, 1.807) is 6.07 Å². The number of aliphatic hydroxyl groups is 2. The molecule has 1 rings (SSSR count). The molecule has 2 unspecified atom stereocenters. The molecule has 0 aliphatic carbocycles. The molecule has 0 aliphatic rings. The number of aromatic nitrogens is 1. The molecule has 0 spiro atoms. The van der Waals surface area contributed by atoms with E-state index in [0.717, 1.165) is 5.69 Å². The summed E-state index contributed by atoms with van der Waals surface area (Å²) in [6, 6.07) is 5.40. The van der Waals surface area contributed by atoms with Gasteiger partial charge in [-0.2, -0.15) is 0 Å². The largest absolute Gasteiger partial charge is 0.390 e. The van der Waals surface area contributed by atoms with Crippen LogP contribution in [-0.4, -0.2) is 34.9 Å². The first-order chi connectivity index (χ1) is 7.15. The summed E-state index contributed by atoms with van der Waals surface area (Å²) < 4.78 is 0. The van der Waals surface area contributed by atoms with Crippen LogP contribution in [0.5, 0.6) is 0 Å². The molecule has 0 radical (unpaired) electrons. The van der Waals surface area contributed by atoms with Gasteiger partial charge in [-0.25, -0.2) is 0 Å². The van der Waals surface area contributed by atoms with Gasteiger partial charge < -0.3 is 15.5 Å². The molecule has 0 amide bonds. The minimum absolute atomic E-state index is 0.507. The van der Waals surface area contributed by atoms with Gasteiger partial charge in [-0.1, -0.05) is 6.07 Å². The molecule has 3 N–H and O–H groups in total. The molecular formula is C11H18N2O2. The van der Waals surface area contributed by atoms with Gasteiger partial charge in [0.1, 0.15) is 6.10 Å². The van der Waals surface area contributed by atoms with Crippen molar-refractivity contribution in [2.45, 2.75) is 25.6 Å². The maximum Gasteiger partial charge on any atom is 0.122 e. The van der Waals surface area contributed by atoms with Crippen molar-refractivity contribution >= 4 is 0 Å². The Morgan fingerprint density at radius 2 is 2.13 bits per heavy atom. The highest BCUT2D eigenvalue weighted by Crippen LogP contribution is 2.16. The van der Waals surface area contributed by atoms with E-state index in [1.807, 2.05) is 26.1 Å². The normalized spacial score (nSPS) is 14.9. The summed E-state index contributed by atoms with van der Waals surface area (Å²) in [6.45, 7) is 2.53. The van der Waals surface area contributed by atoms with Crippen LogP contribution in [0.1, 0.15) is 23.9 Å². The second kappa shape index (κ2) is 5.80. The highest BCUT2D eigenvalue weighted by atomic mass is 16.3. The van der Waals surface area contributed by atoms with E-state index >= 15 is 0 Å². The van der Waals surface area contributed by atoms with Gasteiger partial charge in [0, 0.05) is 5.69 Å². The van der Waals surface area contributed by atoms with Gasteiger partial charge in [-0.05, 0) is 39.1 Å². The number of rotatable bonds is 5. The fraction of sp³-hybridized carbons (Fsp3) is 0.545. The van der Waals surface area contributed by atoms with Gasteiger partial charge in [0.05, 0.1) is 11.8 Å². The van der Waals surface area contributed by atoms with Crippen LogP contribution < -0.4 is 5.32 Å². The lowest BCUT2D eigenvalue weighted by Crippen LogP contribution is -2.24. The van der Waals surface area contributed by atoms with E-state index in [2.05, 4.69) is 10.3 Å². The summed E-state index contributed by atoms with van der Waals surface area (Å²) in [5.41, 5.74) is 1.37. The SMILES string of the molecule is CNCCC(O)C(O)c1cccc(C)n1. The zero-order valence-corrected chi connectivity index (χ0v) is 9.14. The van der Waals surface area contributed by atoms with Gasteiger partial charge >= 0.3 is 0 Å². The van der Waals surface area contributed by atoms with Crippen molar-refractivity contribution in [3.63, 3.8) is 0 Å². The average Bonchev–Trinajstić information content (AvgIpc) is 2.24. The second-order valence-electron chi connectivity index (χ2n) is 3.61. The van der Waals surface area contributed by atoms with E-state index in [1.165, 1.54) is 0 Å². The maximum atomic E-state index is 9.80. The third-order valence-electron chi connectivity index (χ3n) is 2.27. The summed E-state index contributed by atoms with van der Waals surface area (Å²) in [7, 11) is 1.81. The molecule has 0 fully saturated rings. The number of nitrogens with one attached hydrogen (secondary N) is 1. The van der Waals surface area contributed by atoms with Crippen LogP contribution in [0.15, 0.2) is 18.2 Å². The standard InChI is InChI=1S/C11H18N2O2/c1-8-4-3-5-9(13-8)11(15)10(14)6-7-12-2/h3-5,10-12,14-15H,6-7H2,1-2H3. The summed E-state index contributed by atoms with van der Waals surface area (Å²) in [6.07, 6.45) is -1.17. The van der Waals surface area contributed by atoms with Gasteiger partial charge in [-0.3, -0.25) is 4.98 Å². The fourth-order valence-corrected chi connectivity index (χ4v) is 1.38. The molecule has 0 saturated heterocycles. The zero-order chi connectivity index (χ0) is 11.3. The quantitative estimate of drug-likeness (QED) is 0.658. The van der Waals surface area contributed by atoms with Crippen LogP contribution in [0.2, 0.25) is 0 Å². The van der Waals surface area contributed by atoms with Crippen molar-refractivity contribution in [1.29, 1.82) is 0 Å². The number of hydrogen-bond donors (Lipinski definition) is 3. The summed E-state index contributed by atoms with van der Waals surface area (Å²) >= 11 is 0. The summed E-state index contributed by atoms with van der Waals surface area (Å²) in [4.78, 5) is 4.17. The lowest BCUT2D eigenvalue weighted by Gasteiger charge is -2.17. The molecule has 4 nitrogen and oxygen atoms in total. The van der Waals surface area contributed by atoms with Crippen LogP contribution in [0, 0.1) is 6.92 Å². The molecule has 15 heavy (non-hydrogen) atoms. The van der Waals surface area contributed by atoms with Crippen molar-refractivity contribution < 1.29 is 10.2 Å². The lowest BCUT2D eigenvalue weighted by molar-refractivity contribution is 0.0114. The Kier molecular flexibility index (Phi) is 4.68. The molecular weight excluding hydrogens is 192 g/mol. The molecule has 0 aliphatic heterocycles. The third-order valence-corrected chi connectivity index (χ3v) is 2.27. The van der Waals surface area contributed by atoms with Crippen LogP contribution in [0.4, 0.5) is 0 Å². The Balaban J connectivity index is 2.62. The molecule has 0 aromatic carbocycles. The second-order valence-corrected chi connectivity index (χ2v) is 3.61.